The van der Waals surface area contributed by atoms with Crippen LogP contribution in [0.25, 0.3) is 0 Å². The molecule has 1 aliphatic rings. The van der Waals surface area contributed by atoms with E-state index in [2.05, 4.69) is 39.3 Å². The molecule has 0 saturated heterocycles. The Labute approximate surface area is 118 Å². The first-order valence-corrected chi connectivity index (χ1v) is 6.74. The number of anilines is 1. The molecule has 20 heavy (non-hydrogen) atoms. The third-order valence-electron chi connectivity index (χ3n) is 3.79. The summed E-state index contributed by atoms with van der Waals surface area (Å²) in [5.74, 6) is 0.979. The van der Waals surface area contributed by atoms with Gasteiger partial charge >= 0.3 is 0 Å². The van der Waals surface area contributed by atoms with Crippen LogP contribution < -0.4 is 4.90 Å². The summed E-state index contributed by atoms with van der Waals surface area (Å²) < 4.78 is 0. The Hall–Kier alpha value is -2.36. The van der Waals surface area contributed by atoms with Crippen LogP contribution in [0.4, 0.5) is 5.82 Å². The molecule has 3 rings (SSSR count). The van der Waals surface area contributed by atoms with Gasteiger partial charge in [-0.1, -0.05) is 29.4 Å². The van der Waals surface area contributed by atoms with Gasteiger partial charge in [0.05, 0.1) is 6.21 Å². The van der Waals surface area contributed by atoms with Crippen LogP contribution in [0.1, 0.15) is 22.3 Å². The second-order valence-electron chi connectivity index (χ2n) is 5.08. The Morgan fingerprint density at radius 3 is 2.85 bits per heavy atom. The number of aryl methyl sites for hydroxylation is 1. The molecule has 2 heterocycles. The normalized spacial score (nSPS) is 14.6. The number of fused-ring (bicyclic) bond motifs is 1. The number of pyridine rings is 1. The smallest absolute Gasteiger partial charge is 0.129 e. The molecule has 4 heteroatoms. The van der Waals surface area contributed by atoms with Crippen molar-refractivity contribution < 1.29 is 5.21 Å². The van der Waals surface area contributed by atoms with Crippen molar-refractivity contribution in [1.29, 1.82) is 0 Å². The van der Waals surface area contributed by atoms with Crippen LogP contribution in [0.2, 0.25) is 0 Å². The average Bonchev–Trinajstić information content (AvgIpc) is 2.49. The molecule has 102 valence electrons. The molecule has 0 bridgehead atoms. The predicted molar refractivity (Wildman–Crippen MR) is 79.6 cm³/mol. The number of hydrogen-bond acceptors (Lipinski definition) is 4. The highest BCUT2D eigenvalue weighted by molar-refractivity contribution is 5.81. The molecule has 0 amide bonds. The first-order chi connectivity index (χ1) is 9.78. The minimum absolute atomic E-state index is 0.841. The van der Waals surface area contributed by atoms with E-state index in [0.29, 0.717) is 0 Å². The summed E-state index contributed by atoms with van der Waals surface area (Å²) in [5.41, 5.74) is 4.71. The van der Waals surface area contributed by atoms with E-state index in [1.165, 1.54) is 17.3 Å². The molecule has 1 N–H and O–H groups in total. The molecule has 0 saturated carbocycles. The molecule has 1 aromatic heterocycles. The second-order valence-corrected chi connectivity index (χ2v) is 5.08. The topological polar surface area (TPSA) is 48.7 Å². The van der Waals surface area contributed by atoms with Crippen molar-refractivity contribution >= 4 is 12.0 Å². The summed E-state index contributed by atoms with van der Waals surface area (Å²) in [6.45, 7) is 3.88. The van der Waals surface area contributed by atoms with Gasteiger partial charge in [0.15, 0.2) is 0 Å². The van der Waals surface area contributed by atoms with E-state index in [0.717, 1.165) is 36.5 Å². The third kappa shape index (κ3) is 2.37. The molecule has 1 aromatic carbocycles. The van der Waals surface area contributed by atoms with Crippen LogP contribution >= 0.6 is 0 Å². The van der Waals surface area contributed by atoms with Gasteiger partial charge in [0.2, 0.25) is 0 Å². The van der Waals surface area contributed by atoms with E-state index < -0.39 is 0 Å². The molecule has 0 fully saturated rings. The van der Waals surface area contributed by atoms with Crippen LogP contribution in [-0.4, -0.2) is 23.0 Å². The number of nitrogens with zero attached hydrogens (tertiary/aromatic N) is 3. The van der Waals surface area contributed by atoms with Crippen molar-refractivity contribution in [2.75, 3.05) is 11.4 Å². The van der Waals surface area contributed by atoms with Crippen LogP contribution in [-0.2, 0) is 13.0 Å². The zero-order chi connectivity index (χ0) is 13.9. The van der Waals surface area contributed by atoms with Gasteiger partial charge < -0.3 is 10.1 Å². The van der Waals surface area contributed by atoms with Crippen LogP contribution in [0.3, 0.4) is 0 Å². The molecule has 4 nitrogen and oxygen atoms in total. The maximum absolute atomic E-state index is 8.60. The maximum Gasteiger partial charge on any atom is 0.129 e. The minimum Gasteiger partial charge on any atom is -0.411 e. The molecule has 0 atom stereocenters. The van der Waals surface area contributed by atoms with Crippen molar-refractivity contribution in [1.82, 2.24) is 4.98 Å². The number of aromatic nitrogens is 1. The lowest BCUT2D eigenvalue weighted by Gasteiger charge is -2.30. The Bertz CT molecular complexity index is 652. The SMILES string of the molecule is Cc1cc(N2CCc3ccccc3C2)ncc1/C=N/O. The van der Waals surface area contributed by atoms with Gasteiger partial charge in [0.25, 0.3) is 0 Å². The fraction of sp³-hybridized carbons (Fsp3) is 0.250. The second kappa shape index (κ2) is 5.33. The summed E-state index contributed by atoms with van der Waals surface area (Å²) in [6.07, 6.45) is 4.22. The van der Waals surface area contributed by atoms with Gasteiger partial charge in [0, 0.05) is 24.8 Å². The first kappa shape index (κ1) is 12.7. The highest BCUT2D eigenvalue weighted by atomic mass is 16.4. The molecular formula is C16H17N3O. The quantitative estimate of drug-likeness (QED) is 0.517. The van der Waals surface area contributed by atoms with Crippen molar-refractivity contribution in [3.63, 3.8) is 0 Å². The monoisotopic (exact) mass is 267 g/mol. The largest absolute Gasteiger partial charge is 0.411 e. The predicted octanol–water partition coefficient (Wildman–Crippen LogP) is 2.76. The van der Waals surface area contributed by atoms with Gasteiger partial charge in [0.1, 0.15) is 5.82 Å². The fourth-order valence-electron chi connectivity index (χ4n) is 2.61. The number of oxime groups is 1. The van der Waals surface area contributed by atoms with Gasteiger partial charge in [-0.25, -0.2) is 4.98 Å². The first-order valence-electron chi connectivity index (χ1n) is 6.74. The minimum atomic E-state index is 0.841. The fourth-order valence-corrected chi connectivity index (χ4v) is 2.61. The van der Waals surface area contributed by atoms with E-state index >= 15 is 0 Å². The summed E-state index contributed by atoms with van der Waals surface area (Å²) in [5, 5.41) is 11.7. The van der Waals surface area contributed by atoms with E-state index in [9.17, 15) is 0 Å². The maximum atomic E-state index is 8.60. The summed E-state index contributed by atoms with van der Waals surface area (Å²) in [6, 6.07) is 10.6. The van der Waals surface area contributed by atoms with Crippen LogP contribution in [0, 0.1) is 6.92 Å². The zero-order valence-corrected chi connectivity index (χ0v) is 11.5. The van der Waals surface area contributed by atoms with Gasteiger partial charge in [-0.2, -0.15) is 0 Å². The number of rotatable bonds is 2. The van der Waals surface area contributed by atoms with Crippen molar-refractivity contribution in [2.24, 2.45) is 5.16 Å². The molecule has 0 aliphatic carbocycles. The standard InChI is InChI=1S/C16H17N3O/c1-12-8-16(17-9-15(12)10-18-20)19-7-6-13-4-2-3-5-14(13)11-19/h2-5,8-10,20H,6-7,11H2,1H3/b18-10+. The highest BCUT2D eigenvalue weighted by Gasteiger charge is 2.17. The van der Waals surface area contributed by atoms with E-state index in [-0.39, 0.29) is 0 Å². The summed E-state index contributed by atoms with van der Waals surface area (Å²) in [4.78, 5) is 6.77. The average molecular weight is 267 g/mol. The third-order valence-corrected chi connectivity index (χ3v) is 3.79. The number of benzene rings is 1. The van der Waals surface area contributed by atoms with Gasteiger partial charge in [-0.3, -0.25) is 0 Å². The summed E-state index contributed by atoms with van der Waals surface area (Å²) >= 11 is 0. The molecule has 1 aliphatic heterocycles. The van der Waals surface area contributed by atoms with Gasteiger partial charge in [-0.15, -0.1) is 0 Å². The molecular weight excluding hydrogens is 250 g/mol. The number of hydrogen-bond donors (Lipinski definition) is 1. The van der Waals surface area contributed by atoms with Gasteiger partial charge in [-0.05, 0) is 36.1 Å². The Kier molecular flexibility index (Phi) is 3.37. The Balaban J connectivity index is 1.86. The lowest BCUT2D eigenvalue weighted by molar-refractivity contribution is 0.322. The van der Waals surface area contributed by atoms with Crippen molar-refractivity contribution in [3.8, 4) is 0 Å². The molecule has 0 spiro atoms. The molecule has 2 aromatic rings. The van der Waals surface area contributed by atoms with Crippen molar-refractivity contribution in [3.05, 3.63) is 58.8 Å². The van der Waals surface area contributed by atoms with Crippen LogP contribution in [0.5, 0.6) is 0 Å². The Morgan fingerprint density at radius 1 is 1.30 bits per heavy atom. The molecule has 0 radical (unpaired) electrons. The van der Waals surface area contributed by atoms with E-state index in [1.807, 2.05) is 13.0 Å². The summed E-state index contributed by atoms with van der Waals surface area (Å²) in [7, 11) is 0. The lowest BCUT2D eigenvalue weighted by atomic mass is 10.00. The van der Waals surface area contributed by atoms with E-state index in [4.69, 9.17) is 5.21 Å². The highest BCUT2D eigenvalue weighted by Crippen LogP contribution is 2.23. The molecule has 0 unspecified atom stereocenters. The van der Waals surface area contributed by atoms with E-state index in [1.54, 1.807) is 6.20 Å². The Morgan fingerprint density at radius 2 is 2.10 bits per heavy atom. The lowest BCUT2D eigenvalue weighted by Crippen LogP contribution is -2.31. The van der Waals surface area contributed by atoms with Crippen molar-refractivity contribution in [2.45, 2.75) is 19.9 Å². The zero-order valence-electron chi connectivity index (χ0n) is 11.5. The van der Waals surface area contributed by atoms with Crippen LogP contribution in [0.15, 0.2) is 41.7 Å².